The zero-order valence-electron chi connectivity index (χ0n) is 17.0. The summed E-state index contributed by atoms with van der Waals surface area (Å²) < 4.78 is 0. The quantitative estimate of drug-likeness (QED) is 0.826. The van der Waals surface area contributed by atoms with Crippen LogP contribution < -0.4 is 5.32 Å². The summed E-state index contributed by atoms with van der Waals surface area (Å²) in [5.41, 5.74) is 3.00. The summed E-state index contributed by atoms with van der Waals surface area (Å²) in [6.45, 7) is 1.41. The van der Waals surface area contributed by atoms with Gasteiger partial charge in [0.1, 0.15) is 0 Å². The molecule has 1 N–H and O–H groups in total. The van der Waals surface area contributed by atoms with Crippen molar-refractivity contribution in [3.8, 4) is 11.1 Å². The molecule has 2 aliphatic rings. The van der Waals surface area contributed by atoms with Crippen LogP contribution in [-0.4, -0.2) is 35.8 Å². The Labute approximate surface area is 173 Å². The molecule has 0 unspecified atom stereocenters. The number of hydrogen-bond acceptors (Lipinski definition) is 2. The lowest BCUT2D eigenvalue weighted by Crippen LogP contribution is -2.48. The molecule has 4 heteroatoms. The molecular weight excluding hydrogens is 360 g/mol. The van der Waals surface area contributed by atoms with Crippen LogP contribution in [0.2, 0.25) is 0 Å². The average molecular weight is 391 g/mol. The molecule has 0 aromatic heterocycles. The number of nitrogens with zero attached hydrogens (tertiary/aromatic N) is 1. The number of piperidine rings is 1. The first kappa shape index (κ1) is 19.7. The van der Waals surface area contributed by atoms with E-state index in [1.165, 1.54) is 19.3 Å². The van der Waals surface area contributed by atoms with E-state index in [1.807, 2.05) is 47.4 Å². The second-order valence-electron chi connectivity index (χ2n) is 8.35. The van der Waals surface area contributed by atoms with Crippen molar-refractivity contribution in [3.63, 3.8) is 0 Å². The van der Waals surface area contributed by atoms with E-state index in [4.69, 9.17) is 0 Å². The predicted octanol–water partition coefficient (Wildman–Crippen LogP) is 4.65. The Kier molecular flexibility index (Phi) is 6.28. The lowest BCUT2D eigenvalue weighted by Gasteiger charge is -2.33. The van der Waals surface area contributed by atoms with Crippen LogP contribution in [0.5, 0.6) is 0 Å². The number of amides is 2. The molecular formula is C25H30N2O2. The first-order valence-corrected chi connectivity index (χ1v) is 11.0. The van der Waals surface area contributed by atoms with E-state index in [9.17, 15) is 9.59 Å². The zero-order chi connectivity index (χ0) is 20.1. The second kappa shape index (κ2) is 9.25. The summed E-state index contributed by atoms with van der Waals surface area (Å²) in [6, 6.07) is 18.3. The van der Waals surface area contributed by atoms with Gasteiger partial charge >= 0.3 is 0 Å². The topological polar surface area (TPSA) is 49.4 Å². The van der Waals surface area contributed by atoms with E-state index in [1.54, 1.807) is 0 Å². The highest BCUT2D eigenvalue weighted by Crippen LogP contribution is 2.25. The van der Waals surface area contributed by atoms with E-state index in [-0.39, 0.29) is 23.8 Å². The molecule has 2 aromatic carbocycles. The maximum absolute atomic E-state index is 12.9. The molecule has 0 radical (unpaired) electrons. The van der Waals surface area contributed by atoms with Gasteiger partial charge in [-0.25, -0.2) is 0 Å². The van der Waals surface area contributed by atoms with E-state index >= 15 is 0 Å². The summed E-state index contributed by atoms with van der Waals surface area (Å²) in [7, 11) is 0. The maximum atomic E-state index is 12.9. The van der Waals surface area contributed by atoms with Gasteiger partial charge in [0.2, 0.25) is 5.91 Å². The lowest BCUT2D eigenvalue weighted by atomic mass is 9.88. The Balaban J connectivity index is 1.29. The van der Waals surface area contributed by atoms with Gasteiger partial charge in [-0.2, -0.15) is 0 Å². The van der Waals surface area contributed by atoms with Crippen LogP contribution in [-0.2, 0) is 4.79 Å². The van der Waals surface area contributed by atoms with E-state index in [0.29, 0.717) is 13.1 Å². The van der Waals surface area contributed by atoms with Gasteiger partial charge in [0.25, 0.3) is 5.91 Å². The van der Waals surface area contributed by atoms with Gasteiger partial charge in [0.15, 0.2) is 0 Å². The Hall–Kier alpha value is -2.62. The summed E-state index contributed by atoms with van der Waals surface area (Å²) in [6.07, 6.45) is 7.35. The van der Waals surface area contributed by atoms with Gasteiger partial charge in [-0.05, 0) is 48.9 Å². The molecule has 1 aliphatic carbocycles. The number of benzene rings is 2. The van der Waals surface area contributed by atoms with Crippen molar-refractivity contribution in [2.24, 2.45) is 5.92 Å². The summed E-state index contributed by atoms with van der Waals surface area (Å²) >= 11 is 0. The standard InChI is InChI=1S/C25H30N2O2/c28-24(21-9-5-2-6-10-21)26-23-15-17-27(18-16-23)25(29)22-13-11-20(12-14-22)19-7-3-1-4-8-19/h1,3-4,7-8,11-14,21,23H,2,5-6,9-10,15-18H2,(H,26,28). The Bertz CT molecular complexity index is 818. The number of carbonyl (C=O) groups excluding carboxylic acids is 2. The van der Waals surface area contributed by atoms with E-state index in [2.05, 4.69) is 17.4 Å². The van der Waals surface area contributed by atoms with Gasteiger partial charge in [-0.15, -0.1) is 0 Å². The van der Waals surface area contributed by atoms with Crippen molar-refractivity contribution in [2.75, 3.05) is 13.1 Å². The molecule has 4 nitrogen and oxygen atoms in total. The highest BCUT2D eigenvalue weighted by atomic mass is 16.2. The fourth-order valence-electron chi connectivity index (χ4n) is 4.53. The van der Waals surface area contributed by atoms with Crippen LogP contribution in [0.4, 0.5) is 0 Å². The fraction of sp³-hybridized carbons (Fsp3) is 0.440. The van der Waals surface area contributed by atoms with Gasteiger partial charge in [0.05, 0.1) is 0 Å². The minimum Gasteiger partial charge on any atom is -0.353 e. The van der Waals surface area contributed by atoms with Crippen molar-refractivity contribution in [3.05, 3.63) is 60.2 Å². The average Bonchev–Trinajstić information content (AvgIpc) is 2.80. The molecule has 152 valence electrons. The molecule has 2 aromatic rings. The number of carbonyl (C=O) groups is 2. The van der Waals surface area contributed by atoms with Gasteiger partial charge in [-0.1, -0.05) is 61.7 Å². The molecule has 0 bridgehead atoms. The molecule has 1 heterocycles. The molecule has 4 rings (SSSR count). The van der Waals surface area contributed by atoms with Crippen LogP contribution in [0, 0.1) is 5.92 Å². The molecule has 1 saturated carbocycles. The number of rotatable bonds is 4. The smallest absolute Gasteiger partial charge is 0.253 e. The summed E-state index contributed by atoms with van der Waals surface area (Å²) in [4.78, 5) is 27.2. The normalized spacial score (nSPS) is 18.4. The third-order valence-electron chi connectivity index (χ3n) is 6.34. The molecule has 2 fully saturated rings. The van der Waals surface area contributed by atoms with Crippen LogP contribution in [0.15, 0.2) is 54.6 Å². The van der Waals surface area contributed by atoms with Crippen LogP contribution in [0.3, 0.4) is 0 Å². The zero-order valence-corrected chi connectivity index (χ0v) is 17.0. The largest absolute Gasteiger partial charge is 0.353 e. The Morgan fingerprint density at radius 3 is 2.03 bits per heavy atom. The van der Waals surface area contributed by atoms with E-state index in [0.717, 1.165) is 42.4 Å². The van der Waals surface area contributed by atoms with E-state index < -0.39 is 0 Å². The highest BCUT2D eigenvalue weighted by molar-refractivity contribution is 5.94. The maximum Gasteiger partial charge on any atom is 0.253 e. The monoisotopic (exact) mass is 390 g/mol. The van der Waals surface area contributed by atoms with Gasteiger partial charge < -0.3 is 10.2 Å². The molecule has 2 amide bonds. The second-order valence-corrected chi connectivity index (χ2v) is 8.35. The fourth-order valence-corrected chi connectivity index (χ4v) is 4.53. The van der Waals surface area contributed by atoms with Crippen molar-refractivity contribution in [1.29, 1.82) is 0 Å². The first-order valence-electron chi connectivity index (χ1n) is 11.0. The number of nitrogens with one attached hydrogen (secondary N) is 1. The first-order chi connectivity index (χ1) is 14.2. The number of hydrogen-bond donors (Lipinski definition) is 1. The molecule has 0 atom stereocenters. The van der Waals surface area contributed by atoms with Crippen LogP contribution >= 0.6 is 0 Å². The van der Waals surface area contributed by atoms with Crippen LogP contribution in [0.1, 0.15) is 55.3 Å². The lowest BCUT2D eigenvalue weighted by molar-refractivity contribution is -0.126. The minimum absolute atomic E-state index is 0.0849. The van der Waals surface area contributed by atoms with Crippen molar-refractivity contribution < 1.29 is 9.59 Å². The van der Waals surface area contributed by atoms with Crippen LogP contribution in [0.25, 0.3) is 11.1 Å². The Morgan fingerprint density at radius 1 is 0.759 bits per heavy atom. The predicted molar refractivity (Wildman–Crippen MR) is 116 cm³/mol. The highest BCUT2D eigenvalue weighted by Gasteiger charge is 2.27. The molecule has 0 spiro atoms. The SMILES string of the molecule is O=C(NC1CCN(C(=O)c2ccc(-c3ccccc3)cc2)CC1)C1CCCCC1. The van der Waals surface area contributed by atoms with Gasteiger partial charge in [0, 0.05) is 30.6 Å². The minimum atomic E-state index is 0.0849. The van der Waals surface area contributed by atoms with Crippen molar-refractivity contribution in [1.82, 2.24) is 10.2 Å². The van der Waals surface area contributed by atoms with Gasteiger partial charge in [-0.3, -0.25) is 9.59 Å². The molecule has 1 aliphatic heterocycles. The summed E-state index contributed by atoms with van der Waals surface area (Å²) in [5.74, 6) is 0.513. The Morgan fingerprint density at radius 2 is 1.38 bits per heavy atom. The third kappa shape index (κ3) is 4.87. The number of likely N-dealkylation sites (tertiary alicyclic amines) is 1. The molecule has 29 heavy (non-hydrogen) atoms. The third-order valence-corrected chi connectivity index (χ3v) is 6.34. The summed E-state index contributed by atoms with van der Waals surface area (Å²) in [5, 5.41) is 3.24. The molecule has 1 saturated heterocycles. The van der Waals surface area contributed by atoms with Crippen molar-refractivity contribution in [2.45, 2.75) is 51.0 Å². The van der Waals surface area contributed by atoms with Crippen molar-refractivity contribution >= 4 is 11.8 Å².